The molecule has 4 heteroatoms. The number of anilines is 2. The number of aryl methyl sites for hydroxylation is 2. The van der Waals surface area contributed by atoms with Crippen LogP contribution in [0.2, 0.25) is 0 Å². The van der Waals surface area contributed by atoms with Crippen LogP contribution in [-0.4, -0.2) is 5.91 Å². The summed E-state index contributed by atoms with van der Waals surface area (Å²) in [6, 6.07) is 13.5. The monoisotopic (exact) mass is 332 g/mol. The van der Waals surface area contributed by atoms with Crippen molar-refractivity contribution >= 4 is 33.2 Å². The SMILES string of the molecule is Cc1ccc(Br)c(NC(=O)CCc2ccc(N)cc2)c1. The fourth-order valence-corrected chi connectivity index (χ4v) is 2.24. The number of carbonyl (C=O) groups is 1. The Morgan fingerprint density at radius 2 is 1.90 bits per heavy atom. The van der Waals surface area contributed by atoms with Crippen LogP contribution in [0.5, 0.6) is 0 Å². The fourth-order valence-electron chi connectivity index (χ4n) is 1.89. The molecule has 2 aromatic carbocycles. The number of amides is 1. The van der Waals surface area contributed by atoms with Crippen molar-refractivity contribution in [2.45, 2.75) is 19.8 Å². The van der Waals surface area contributed by atoms with Crippen molar-refractivity contribution in [2.24, 2.45) is 0 Å². The second kappa shape index (κ2) is 6.57. The molecule has 0 aromatic heterocycles. The van der Waals surface area contributed by atoms with Gasteiger partial charge in [-0.3, -0.25) is 4.79 Å². The maximum absolute atomic E-state index is 12.0. The average molecular weight is 333 g/mol. The number of carbonyl (C=O) groups excluding carboxylic acids is 1. The molecule has 2 aromatic rings. The van der Waals surface area contributed by atoms with Crippen molar-refractivity contribution in [3.05, 3.63) is 58.1 Å². The van der Waals surface area contributed by atoms with Gasteiger partial charge in [-0.25, -0.2) is 0 Å². The maximum Gasteiger partial charge on any atom is 0.224 e. The number of halogens is 1. The predicted octanol–water partition coefficient (Wildman–Crippen LogP) is 3.91. The number of nitrogen functional groups attached to an aromatic ring is 1. The first-order valence-electron chi connectivity index (χ1n) is 6.45. The Morgan fingerprint density at radius 3 is 2.60 bits per heavy atom. The van der Waals surface area contributed by atoms with Crippen LogP contribution in [0.3, 0.4) is 0 Å². The van der Waals surface area contributed by atoms with Crippen LogP contribution in [0.4, 0.5) is 11.4 Å². The lowest BCUT2D eigenvalue weighted by Gasteiger charge is -2.08. The second-order valence-electron chi connectivity index (χ2n) is 4.77. The summed E-state index contributed by atoms with van der Waals surface area (Å²) in [5.41, 5.74) is 9.40. The van der Waals surface area contributed by atoms with E-state index in [1.807, 2.05) is 49.4 Å². The van der Waals surface area contributed by atoms with Gasteiger partial charge in [0.15, 0.2) is 0 Å². The Hall–Kier alpha value is -1.81. The van der Waals surface area contributed by atoms with Crippen molar-refractivity contribution in [1.29, 1.82) is 0 Å². The topological polar surface area (TPSA) is 55.1 Å². The first-order chi connectivity index (χ1) is 9.54. The minimum atomic E-state index is 0.00752. The van der Waals surface area contributed by atoms with E-state index in [4.69, 9.17) is 5.73 Å². The lowest BCUT2D eigenvalue weighted by atomic mass is 10.1. The summed E-state index contributed by atoms with van der Waals surface area (Å²) in [6.07, 6.45) is 1.15. The van der Waals surface area contributed by atoms with E-state index < -0.39 is 0 Å². The van der Waals surface area contributed by atoms with E-state index in [0.29, 0.717) is 12.8 Å². The Morgan fingerprint density at radius 1 is 1.20 bits per heavy atom. The Kier molecular flexibility index (Phi) is 4.79. The van der Waals surface area contributed by atoms with E-state index >= 15 is 0 Å². The van der Waals surface area contributed by atoms with Crippen LogP contribution in [0, 0.1) is 6.92 Å². The zero-order chi connectivity index (χ0) is 14.5. The zero-order valence-electron chi connectivity index (χ0n) is 11.3. The van der Waals surface area contributed by atoms with Gasteiger partial charge >= 0.3 is 0 Å². The largest absolute Gasteiger partial charge is 0.399 e. The van der Waals surface area contributed by atoms with Gasteiger partial charge in [0.25, 0.3) is 0 Å². The molecule has 0 saturated carbocycles. The van der Waals surface area contributed by atoms with E-state index in [2.05, 4.69) is 21.2 Å². The van der Waals surface area contributed by atoms with E-state index in [1.165, 1.54) is 0 Å². The number of nitrogens with one attached hydrogen (secondary N) is 1. The van der Waals surface area contributed by atoms with Crippen LogP contribution in [0.15, 0.2) is 46.9 Å². The van der Waals surface area contributed by atoms with Gasteiger partial charge in [-0.1, -0.05) is 18.2 Å². The van der Waals surface area contributed by atoms with Gasteiger partial charge in [-0.05, 0) is 64.7 Å². The lowest BCUT2D eigenvalue weighted by Crippen LogP contribution is -2.12. The third-order valence-electron chi connectivity index (χ3n) is 3.02. The van der Waals surface area contributed by atoms with E-state index in [-0.39, 0.29) is 5.91 Å². The zero-order valence-corrected chi connectivity index (χ0v) is 12.9. The number of nitrogens with two attached hydrogens (primary N) is 1. The molecule has 0 saturated heterocycles. The summed E-state index contributed by atoms with van der Waals surface area (Å²) in [6.45, 7) is 2.00. The molecule has 2 rings (SSSR count). The number of rotatable bonds is 4. The van der Waals surface area contributed by atoms with Gasteiger partial charge in [-0.15, -0.1) is 0 Å². The molecule has 0 heterocycles. The summed E-state index contributed by atoms with van der Waals surface area (Å²) in [7, 11) is 0. The third kappa shape index (κ3) is 4.10. The molecule has 3 nitrogen and oxygen atoms in total. The van der Waals surface area contributed by atoms with Gasteiger partial charge in [0.1, 0.15) is 0 Å². The molecule has 0 fully saturated rings. The van der Waals surface area contributed by atoms with Crippen molar-refractivity contribution in [1.82, 2.24) is 0 Å². The summed E-state index contributed by atoms with van der Waals surface area (Å²) in [5.74, 6) is 0.00752. The van der Waals surface area contributed by atoms with Crippen LogP contribution >= 0.6 is 15.9 Å². The highest BCUT2D eigenvalue weighted by molar-refractivity contribution is 9.10. The molecule has 1 amide bonds. The van der Waals surface area contributed by atoms with E-state index in [0.717, 1.165) is 27.0 Å². The summed E-state index contributed by atoms with van der Waals surface area (Å²) < 4.78 is 0.893. The predicted molar refractivity (Wildman–Crippen MR) is 86.7 cm³/mol. The molecule has 20 heavy (non-hydrogen) atoms. The standard InChI is InChI=1S/C16H17BrN2O/c1-11-2-8-14(17)15(10-11)19-16(20)9-5-12-3-6-13(18)7-4-12/h2-4,6-8,10H,5,9,18H2,1H3,(H,19,20). The second-order valence-corrected chi connectivity index (χ2v) is 5.63. The first kappa shape index (κ1) is 14.6. The van der Waals surface area contributed by atoms with Crippen molar-refractivity contribution in [3.63, 3.8) is 0 Å². The van der Waals surface area contributed by atoms with Crippen molar-refractivity contribution in [2.75, 3.05) is 11.1 Å². The summed E-state index contributed by atoms with van der Waals surface area (Å²) in [4.78, 5) is 12.0. The number of hydrogen-bond acceptors (Lipinski definition) is 2. The molecule has 0 bridgehead atoms. The van der Waals surface area contributed by atoms with Crippen molar-refractivity contribution in [3.8, 4) is 0 Å². The van der Waals surface area contributed by atoms with Gasteiger partial charge in [0.05, 0.1) is 5.69 Å². The molecule has 0 aliphatic heterocycles. The fraction of sp³-hybridized carbons (Fsp3) is 0.188. The highest BCUT2D eigenvalue weighted by atomic mass is 79.9. The van der Waals surface area contributed by atoms with Gasteiger partial charge in [0.2, 0.25) is 5.91 Å². The lowest BCUT2D eigenvalue weighted by molar-refractivity contribution is -0.116. The number of hydrogen-bond donors (Lipinski definition) is 2. The van der Waals surface area contributed by atoms with Crippen LogP contribution < -0.4 is 11.1 Å². The van der Waals surface area contributed by atoms with Gasteiger partial charge in [-0.2, -0.15) is 0 Å². The minimum Gasteiger partial charge on any atom is -0.399 e. The number of benzene rings is 2. The highest BCUT2D eigenvalue weighted by Gasteiger charge is 2.06. The average Bonchev–Trinajstić information content (AvgIpc) is 2.42. The molecule has 0 atom stereocenters. The first-order valence-corrected chi connectivity index (χ1v) is 7.24. The third-order valence-corrected chi connectivity index (χ3v) is 3.71. The van der Waals surface area contributed by atoms with Crippen LogP contribution in [0.1, 0.15) is 17.5 Å². The summed E-state index contributed by atoms with van der Waals surface area (Å²) >= 11 is 3.43. The van der Waals surface area contributed by atoms with Crippen LogP contribution in [-0.2, 0) is 11.2 Å². The quantitative estimate of drug-likeness (QED) is 0.834. The molecular formula is C16H17BrN2O. The summed E-state index contributed by atoms with van der Waals surface area (Å²) in [5, 5.41) is 2.92. The molecule has 0 radical (unpaired) electrons. The minimum absolute atomic E-state index is 0.00752. The normalized spacial score (nSPS) is 10.3. The molecule has 0 aliphatic rings. The molecule has 0 spiro atoms. The Balaban J connectivity index is 1.92. The van der Waals surface area contributed by atoms with Gasteiger partial charge < -0.3 is 11.1 Å². The smallest absolute Gasteiger partial charge is 0.224 e. The molecular weight excluding hydrogens is 316 g/mol. The molecule has 0 unspecified atom stereocenters. The Bertz CT molecular complexity index is 608. The van der Waals surface area contributed by atoms with Gasteiger partial charge in [0, 0.05) is 16.6 Å². The van der Waals surface area contributed by atoms with E-state index in [1.54, 1.807) is 0 Å². The van der Waals surface area contributed by atoms with Crippen molar-refractivity contribution < 1.29 is 4.79 Å². The molecule has 3 N–H and O–H groups in total. The highest BCUT2D eigenvalue weighted by Crippen LogP contribution is 2.23. The van der Waals surface area contributed by atoms with Crippen LogP contribution in [0.25, 0.3) is 0 Å². The molecule has 0 aliphatic carbocycles. The Labute approximate surface area is 127 Å². The van der Waals surface area contributed by atoms with E-state index in [9.17, 15) is 4.79 Å². The molecule has 104 valence electrons. The maximum atomic E-state index is 12.0.